The third-order valence-corrected chi connectivity index (χ3v) is 3.58. The molecular formula is C13H12BrN3O2. The molecular weight excluding hydrogens is 310 g/mol. The van der Waals surface area contributed by atoms with Crippen molar-refractivity contribution in [2.75, 3.05) is 12.0 Å². The van der Waals surface area contributed by atoms with Gasteiger partial charge in [0.25, 0.3) is 0 Å². The van der Waals surface area contributed by atoms with Gasteiger partial charge in [-0.1, -0.05) is 0 Å². The van der Waals surface area contributed by atoms with Crippen molar-refractivity contribution in [3.63, 3.8) is 0 Å². The van der Waals surface area contributed by atoms with Gasteiger partial charge in [0.2, 0.25) is 5.55 Å². The van der Waals surface area contributed by atoms with Crippen LogP contribution >= 0.6 is 15.9 Å². The SMILES string of the molecule is COc1ccc(N2C(N)=c3ccoc3=NC2Br)cc1. The first-order valence-electron chi connectivity index (χ1n) is 5.69. The maximum Gasteiger partial charge on any atom is 0.227 e. The fourth-order valence-electron chi connectivity index (χ4n) is 2.00. The molecule has 2 heterocycles. The third kappa shape index (κ3) is 1.98. The fraction of sp³-hybridized carbons (Fsp3) is 0.154. The van der Waals surface area contributed by atoms with Crippen molar-refractivity contribution in [2.45, 2.75) is 5.08 Å². The second kappa shape index (κ2) is 4.62. The van der Waals surface area contributed by atoms with Gasteiger partial charge in [0.05, 0.1) is 18.6 Å². The number of benzene rings is 1. The maximum atomic E-state index is 6.19. The van der Waals surface area contributed by atoms with Crippen molar-refractivity contribution < 1.29 is 9.15 Å². The van der Waals surface area contributed by atoms with E-state index in [2.05, 4.69) is 20.9 Å². The molecule has 1 aromatic carbocycles. The van der Waals surface area contributed by atoms with E-state index in [1.807, 2.05) is 35.2 Å². The molecule has 0 radical (unpaired) electrons. The van der Waals surface area contributed by atoms with E-state index in [0.717, 1.165) is 16.7 Å². The van der Waals surface area contributed by atoms with Crippen molar-refractivity contribution in [3.8, 4) is 5.75 Å². The summed E-state index contributed by atoms with van der Waals surface area (Å²) < 4.78 is 10.4. The molecule has 0 amide bonds. The molecule has 5 nitrogen and oxygen atoms in total. The standard InChI is InChI=1S/C13H12BrN3O2/c1-18-9-4-2-8(3-5-9)17-11(15)10-6-7-19-12(10)16-13(17)14/h2-7,13H,15H2,1H3. The van der Waals surface area contributed by atoms with Crippen molar-refractivity contribution in [1.82, 2.24) is 0 Å². The van der Waals surface area contributed by atoms with Gasteiger partial charge in [-0.25, -0.2) is 4.99 Å². The lowest BCUT2D eigenvalue weighted by molar-refractivity contribution is 0.415. The summed E-state index contributed by atoms with van der Waals surface area (Å²) >= 11 is 3.49. The number of rotatable bonds is 2. The zero-order valence-corrected chi connectivity index (χ0v) is 11.8. The highest BCUT2D eigenvalue weighted by Crippen LogP contribution is 2.26. The topological polar surface area (TPSA) is 64.0 Å². The predicted octanol–water partition coefficient (Wildman–Crippen LogP) is 1.13. The Morgan fingerprint density at radius 1 is 1.32 bits per heavy atom. The highest BCUT2D eigenvalue weighted by Gasteiger charge is 2.23. The number of nitrogens with zero attached hydrogens (tertiary/aromatic N) is 2. The van der Waals surface area contributed by atoms with E-state index in [1.54, 1.807) is 13.4 Å². The molecule has 98 valence electrons. The molecule has 1 aliphatic heterocycles. The van der Waals surface area contributed by atoms with E-state index in [0.29, 0.717) is 11.4 Å². The molecule has 3 rings (SSSR count). The first kappa shape index (κ1) is 12.1. The number of alkyl halides is 1. The fourth-order valence-corrected chi connectivity index (χ4v) is 2.64. The summed E-state index contributed by atoms with van der Waals surface area (Å²) in [6, 6.07) is 9.44. The number of halogens is 1. The molecule has 19 heavy (non-hydrogen) atoms. The van der Waals surface area contributed by atoms with Crippen LogP contribution in [0.3, 0.4) is 0 Å². The molecule has 0 saturated carbocycles. The zero-order chi connectivity index (χ0) is 13.4. The van der Waals surface area contributed by atoms with E-state index < -0.39 is 0 Å². The molecule has 2 aromatic rings. The number of methoxy groups -OCH3 is 1. The van der Waals surface area contributed by atoms with Crippen LogP contribution < -0.4 is 26.1 Å². The Balaban J connectivity index is 2.10. The van der Waals surface area contributed by atoms with Crippen LogP contribution in [0.4, 0.5) is 5.69 Å². The average molecular weight is 322 g/mol. The van der Waals surface area contributed by atoms with Crippen LogP contribution in [-0.2, 0) is 0 Å². The molecule has 1 aliphatic rings. The Labute approximate surface area is 118 Å². The number of hydrogen-bond acceptors (Lipinski definition) is 5. The van der Waals surface area contributed by atoms with Crippen molar-refractivity contribution in [3.05, 3.63) is 47.4 Å². The smallest absolute Gasteiger partial charge is 0.227 e. The minimum absolute atomic E-state index is 0.292. The van der Waals surface area contributed by atoms with Gasteiger partial charge in [0.1, 0.15) is 11.6 Å². The summed E-state index contributed by atoms with van der Waals surface area (Å²) in [6.07, 6.45) is 1.58. The Morgan fingerprint density at radius 2 is 2.05 bits per heavy atom. The molecule has 0 bridgehead atoms. The normalized spacial score (nSPS) is 17.9. The lowest BCUT2D eigenvalue weighted by Crippen LogP contribution is -2.45. The highest BCUT2D eigenvalue weighted by atomic mass is 79.9. The number of hydrogen-bond donors (Lipinski definition) is 1. The highest BCUT2D eigenvalue weighted by molar-refractivity contribution is 9.09. The largest absolute Gasteiger partial charge is 0.497 e. The van der Waals surface area contributed by atoms with Gasteiger partial charge >= 0.3 is 0 Å². The number of anilines is 1. The van der Waals surface area contributed by atoms with Gasteiger partial charge in [-0.3, -0.25) is 4.90 Å². The number of nitrogens with two attached hydrogens (primary N) is 1. The van der Waals surface area contributed by atoms with Crippen LogP contribution in [0.15, 0.2) is 46.0 Å². The second-order valence-corrected chi connectivity index (χ2v) is 4.85. The predicted molar refractivity (Wildman–Crippen MR) is 75.3 cm³/mol. The van der Waals surface area contributed by atoms with Gasteiger partial charge < -0.3 is 14.9 Å². The lowest BCUT2D eigenvalue weighted by atomic mass is 10.2. The van der Waals surface area contributed by atoms with Crippen LogP contribution in [0.1, 0.15) is 0 Å². The zero-order valence-electron chi connectivity index (χ0n) is 10.2. The van der Waals surface area contributed by atoms with Gasteiger partial charge in [-0.2, -0.15) is 0 Å². The van der Waals surface area contributed by atoms with E-state index in [9.17, 15) is 0 Å². The van der Waals surface area contributed by atoms with Crippen LogP contribution in [0.5, 0.6) is 5.75 Å². The molecule has 0 saturated heterocycles. The molecule has 2 N–H and O–H groups in total. The van der Waals surface area contributed by atoms with Crippen molar-refractivity contribution in [1.29, 1.82) is 0 Å². The van der Waals surface area contributed by atoms with Gasteiger partial charge in [-0.05, 0) is 46.3 Å². The Bertz CT molecular complexity index is 708. The average Bonchev–Trinajstić information content (AvgIpc) is 2.88. The lowest BCUT2D eigenvalue weighted by Gasteiger charge is -2.28. The number of ether oxygens (including phenoxy) is 1. The van der Waals surface area contributed by atoms with Crippen molar-refractivity contribution >= 4 is 27.4 Å². The third-order valence-electron chi connectivity index (χ3n) is 2.97. The summed E-state index contributed by atoms with van der Waals surface area (Å²) in [5.41, 5.74) is 7.66. The molecule has 6 heteroatoms. The summed E-state index contributed by atoms with van der Waals surface area (Å²) in [6.45, 7) is 0. The van der Waals surface area contributed by atoms with Crippen LogP contribution in [0.2, 0.25) is 0 Å². The van der Waals surface area contributed by atoms with Gasteiger partial charge in [0, 0.05) is 5.69 Å². The first-order chi connectivity index (χ1) is 9.20. The quantitative estimate of drug-likeness (QED) is 0.665. The minimum atomic E-state index is -0.292. The number of furan rings is 1. The van der Waals surface area contributed by atoms with Crippen LogP contribution in [-0.4, -0.2) is 12.2 Å². The summed E-state index contributed by atoms with van der Waals surface area (Å²) in [4.78, 5) is 6.29. The Kier molecular flexibility index (Phi) is 2.94. The summed E-state index contributed by atoms with van der Waals surface area (Å²) in [7, 11) is 1.64. The van der Waals surface area contributed by atoms with E-state index in [1.165, 1.54) is 0 Å². The molecule has 1 aromatic heterocycles. The Hall–Kier alpha value is -1.95. The summed E-state index contributed by atoms with van der Waals surface area (Å²) in [5.74, 6) is 1.40. The van der Waals surface area contributed by atoms with Crippen LogP contribution in [0, 0.1) is 0 Å². The molecule has 0 fully saturated rings. The number of fused-ring (bicyclic) bond motifs is 1. The summed E-state index contributed by atoms with van der Waals surface area (Å²) in [5, 5.41) is 0.506. The van der Waals surface area contributed by atoms with E-state index in [-0.39, 0.29) is 5.08 Å². The van der Waals surface area contributed by atoms with Crippen LogP contribution in [0.25, 0.3) is 5.82 Å². The van der Waals surface area contributed by atoms with E-state index >= 15 is 0 Å². The minimum Gasteiger partial charge on any atom is -0.497 e. The Morgan fingerprint density at radius 3 is 2.74 bits per heavy atom. The van der Waals surface area contributed by atoms with Gasteiger partial charge in [0.15, 0.2) is 5.08 Å². The molecule has 1 unspecified atom stereocenters. The van der Waals surface area contributed by atoms with Gasteiger partial charge in [-0.15, -0.1) is 0 Å². The second-order valence-electron chi connectivity index (χ2n) is 4.03. The molecule has 0 spiro atoms. The monoisotopic (exact) mass is 321 g/mol. The molecule has 0 aliphatic carbocycles. The first-order valence-corrected chi connectivity index (χ1v) is 6.61. The molecule has 1 atom stereocenters. The van der Waals surface area contributed by atoms with E-state index in [4.69, 9.17) is 14.9 Å². The van der Waals surface area contributed by atoms with Crippen molar-refractivity contribution in [2.24, 2.45) is 10.7 Å². The maximum absolute atomic E-state index is 6.19.